The first-order valence-corrected chi connectivity index (χ1v) is 7.50. The molecule has 1 heterocycles. The van der Waals surface area contributed by atoms with Gasteiger partial charge in [0.15, 0.2) is 0 Å². The number of carbonyl (C=O) groups is 1. The molecular weight excluding hydrogens is 330 g/mol. The van der Waals surface area contributed by atoms with Crippen molar-refractivity contribution < 1.29 is 9.53 Å². The number of rotatable bonds is 1. The van der Waals surface area contributed by atoms with Crippen molar-refractivity contribution in [2.45, 2.75) is 4.83 Å². The second kappa shape index (κ2) is 4.67. The van der Waals surface area contributed by atoms with Gasteiger partial charge in [0.05, 0.1) is 10.5 Å². The average Bonchev–Trinajstić information content (AvgIpc) is 3.03. The van der Waals surface area contributed by atoms with Crippen molar-refractivity contribution in [3.05, 3.63) is 65.7 Å². The molecule has 1 aliphatic carbocycles. The fourth-order valence-electron chi connectivity index (χ4n) is 2.70. The van der Waals surface area contributed by atoms with Crippen LogP contribution in [0, 0.1) is 0 Å². The zero-order valence-corrected chi connectivity index (χ0v) is 12.5. The first-order chi connectivity index (χ1) is 10.2. The highest BCUT2D eigenvalue weighted by atomic mass is 79.9. The summed E-state index contributed by atoms with van der Waals surface area (Å²) in [6.07, 6.45) is 2.95. The lowest BCUT2D eigenvalue weighted by Gasteiger charge is -2.05. The van der Waals surface area contributed by atoms with E-state index < -0.39 is 0 Å². The van der Waals surface area contributed by atoms with E-state index in [1.807, 2.05) is 24.3 Å². The van der Waals surface area contributed by atoms with Gasteiger partial charge in [-0.05, 0) is 34.4 Å². The van der Waals surface area contributed by atoms with Crippen LogP contribution in [-0.2, 0) is 9.53 Å². The van der Waals surface area contributed by atoms with Gasteiger partial charge in [-0.1, -0.05) is 46.3 Å². The summed E-state index contributed by atoms with van der Waals surface area (Å²) in [5.41, 5.74) is 5.70. The number of hydrogen-bond donors (Lipinski definition) is 0. The molecule has 0 amide bonds. The van der Waals surface area contributed by atoms with Gasteiger partial charge in [0.2, 0.25) is 5.90 Å². The van der Waals surface area contributed by atoms with Crippen molar-refractivity contribution >= 4 is 33.5 Å². The van der Waals surface area contributed by atoms with E-state index in [4.69, 9.17) is 4.74 Å². The summed E-state index contributed by atoms with van der Waals surface area (Å²) in [5, 5.41) is 0. The molecule has 3 nitrogen and oxygen atoms in total. The number of cyclic esters (lactones) is 1. The van der Waals surface area contributed by atoms with Gasteiger partial charge in [-0.2, -0.15) is 0 Å². The molecule has 4 heteroatoms. The van der Waals surface area contributed by atoms with Gasteiger partial charge in [0, 0.05) is 12.2 Å². The van der Waals surface area contributed by atoms with Crippen molar-refractivity contribution in [2.75, 3.05) is 0 Å². The monoisotopic (exact) mass is 339 g/mol. The maximum atomic E-state index is 11.0. The van der Waals surface area contributed by atoms with Crippen LogP contribution in [0.4, 0.5) is 5.69 Å². The lowest BCUT2D eigenvalue weighted by molar-refractivity contribution is -0.129. The number of hydrogen-bond acceptors (Lipinski definition) is 3. The molecule has 0 radical (unpaired) electrons. The van der Waals surface area contributed by atoms with Gasteiger partial charge in [0.1, 0.15) is 0 Å². The van der Waals surface area contributed by atoms with Crippen LogP contribution in [0.5, 0.6) is 0 Å². The number of benzene rings is 2. The number of halogens is 1. The molecule has 2 aliphatic rings. The Bertz CT molecular complexity index is 823. The minimum absolute atomic E-state index is 0.172. The van der Waals surface area contributed by atoms with E-state index in [0.29, 0.717) is 5.90 Å². The molecule has 0 bridgehead atoms. The molecule has 4 rings (SSSR count). The second-order valence-corrected chi connectivity index (χ2v) is 5.84. The van der Waals surface area contributed by atoms with E-state index in [2.05, 4.69) is 39.1 Å². The number of ether oxygens (including phenoxy) is 1. The Labute approximate surface area is 130 Å². The van der Waals surface area contributed by atoms with Crippen molar-refractivity contribution in [1.29, 1.82) is 0 Å². The highest BCUT2D eigenvalue weighted by molar-refractivity contribution is 9.09. The van der Waals surface area contributed by atoms with E-state index in [-0.39, 0.29) is 10.8 Å². The first kappa shape index (κ1) is 12.5. The molecule has 2 aromatic carbocycles. The summed E-state index contributed by atoms with van der Waals surface area (Å²) in [4.78, 5) is 15.6. The minimum Gasteiger partial charge on any atom is -0.404 e. The van der Waals surface area contributed by atoms with Crippen LogP contribution in [0.2, 0.25) is 0 Å². The highest BCUT2D eigenvalue weighted by Crippen LogP contribution is 2.48. The van der Waals surface area contributed by atoms with Crippen molar-refractivity contribution in [1.82, 2.24) is 0 Å². The van der Waals surface area contributed by atoms with Crippen molar-refractivity contribution in [3.63, 3.8) is 0 Å². The Kier molecular flexibility index (Phi) is 2.79. The van der Waals surface area contributed by atoms with Gasteiger partial charge in [-0.25, -0.2) is 9.79 Å². The number of alkyl halides is 1. The quantitative estimate of drug-likeness (QED) is 0.574. The van der Waals surface area contributed by atoms with Crippen molar-refractivity contribution in [2.24, 2.45) is 4.99 Å². The van der Waals surface area contributed by atoms with Gasteiger partial charge in [-0.15, -0.1) is 0 Å². The molecule has 0 N–H and O–H groups in total. The van der Waals surface area contributed by atoms with Gasteiger partial charge < -0.3 is 4.74 Å². The Balaban J connectivity index is 1.77. The number of fused-ring (bicyclic) bond motifs is 3. The summed E-state index contributed by atoms with van der Waals surface area (Å²) in [6.45, 7) is 0. The minimum atomic E-state index is -0.374. The van der Waals surface area contributed by atoms with E-state index in [9.17, 15) is 4.79 Å². The molecule has 0 saturated heterocycles. The van der Waals surface area contributed by atoms with Crippen molar-refractivity contribution in [3.8, 4) is 11.1 Å². The Hall–Kier alpha value is -2.20. The number of carbonyl (C=O) groups excluding carboxylic acids is 1. The molecular formula is C17H10BrNO2. The molecule has 2 aromatic rings. The average molecular weight is 340 g/mol. The van der Waals surface area contributed by atoms with Crippen LogP contribution in [0.15, 0.2) is 59.6 Å². The molecule has 1 aliphatic heterocycles. The summed E-state index contributed by atoms with van der Waals surface area (Å²) in [6, 6.07) is 14.4. The zero-order valence-electron chi connectivity index (χ0n) is 10.9. The fourth-order valence-corrected chi connectivity index (χ4v) is 3.48. The van der Waals surface area contributed by atoms with E-state index >= 15 is 0 Å². The Morgan fingerprint density at radius 1 is 1.00 bits per heavy atom. The number of aliphatic imine (C=N–C) groups is 1. The highest BCUT2D eigenvalue weighted by Gasteiger charge is 2.26. The third kappa shape index (κ3) is 2.03. The molecule has 0 fully saturated rings. The predicted octanol–water partition coefficient (Wildman–Crippen LogP) is 4.29. The van der Waals surface area contributed by atoms with Crippen LogP contribution < -0.4 is 0 Å². The maximum absolute atomic E-state index is 11.0. The van der Waals surface area contributed by atoms with E-state index in [1.165, 1.54) is 28.3 Å². The summed E-state index contributed by atoms with van der Waals surface area (Å²) in [5.74, 6) is -0.0396. The molecule has 0 saturated carbocycles. The second-order valence-electron chi connectivity index (χ2n) is 4.93. The molecule has 0 unspecified atom stereocenters. The summed E-state index contributed by atoms with van der Waals surface area (Å²) < 4.78 is 4.96. The summed E-state index contributed by atoms with van der Waals surface area (Å²) in [7, 11) is 0. The standard InChI is InChI=1S/C17H10BrNO2/c18-17-13-4-2-1-3-11(13)12-6-5-10(9-14(12)17)19-15-7-8-16(20)21-15/h1-9,17H/t17-/m0/s1. The number of nitrogens with zero attached hydrogens (tertiary/aromatic N) is 1. The predicted molar refractivity (Wildman–Crippen MR) is 85.0 cm³/mol. The number of esters is 1. The topological polar surface area (TPSA) is 38.7 Å². The van der Waals surface area contributed by atoms with Gasteiger partial charge in [-0.3, -0.25) is 0 Å². The maximum Gasteiger partial charge on any atom is 0.337 e. The van der Waals surface area contributed by atoms with Crippen LogP contribution >= 0.6 is 15.9 Å². The molecule has 0 aromatic heterocycles. The fraction of sp³-hybridized carbons (Fsp3) is 0.0588. The molecule has 21 heavy (non-hydrogen) atoms. The van der Waals surface area contributed by atoms with Gasteiger partial charge in [0.25, 0.3) is 0 Å². The molecule has 0 spiro atoms. The normalized spacial score (nSPS) is 20.5. The lowest BCUT2D eigenvalue weighted by atomic mass is 10.1. The van der Waals surface area contributed by atoms with E-state index in [1.54, 1.807) is 6.08 Å². The van der Waals surface area contributed by atoms with Gasteiger partial charge >= 0.3 is 5.97 Å². The third-order valence-corrected chi connectivity index (χ3v) is 4.63. The molecule has 102 valence electrons. The van der Waals surface area contributed by atoms with Crippen LogP contribution in [0.1, 0.15) is 16.0 Å². The van der Waals surface area contributed by atoms with Crippen LogP contribution in [0.3, 0.4) is 0 Å². The summed E-state index contributed by atoms with van der Waals surface area (Å²) >= 11 is 3.74. The smallest absolute Gasteiger partial charge is 0.337 e. The van der Waals surface area contributed by atoms with Crippen LogP contribution in [0.25, 0.3) is 11.1 Å². The van der Waals surface area contributed by atoms with E-state index in [0.717, 1.165) is 5.69 Å². The SMILES string of the molecule is O=C1C=CC(=Nc2ccc3c(c2)[C@@H](Br)c2ccccc2-3)O1. The van der Waals surface area contributed by atoms with Crippen LogP contribution in [-0.4, -0.2) is 11.9 Å². The zero-order chi connectivity index (χ0) is 14.4. The molecule has 1 atom stereocenters. The lowest BCUT2D eigenvalue weighted by Crippen LogP contribution is -1.98. The third-order valence-electron chi connectivity index (χ3n) is 3.64. The largest absolute Gasteiger partial charge is 0.404 e. The Morgan fingerprint density at radius 3 is 2.62 bits per heavy atom. The first-order valence-electron chi connectivity index (χ1n) is 6.58. The Morgan fingerprint density at radius 2 is 1.81 bits per heavy atom.